The minimum atomic E-state index is 0.377. The number of hydrogen-bond donors (Lipinski definition) is 1. The van der Waals surface area contributed by atoms with E-state index < -0.39 is 0 Å². The second-order valence-corrected chi connectivity index (χ2v) is 6.00. The van der Waals surface area contributed by atoms with E-state index in [1.807, 2.05) is 6.92 Å². The number of nitrogens with two attached hydrogens (primary N) is 1. The fourth-order valence-corrected chi connectivity index (χ4v) is 3.61. The van der Waals surface area contributed by atoms with Gasteiger partial charge in [0, 0.05) is 13.1 Å². The van der Waals surface area contributed by atoms with Crippen LogP contribution in [0.15, 0.2) is 0 Å². The molecule has 5 nitrogen and oxygen atoms in total. The Morgan fingerprint density at radius 3 is 2.95 bits per heavy atom. The number of anilines is 2. The maximum Gasteiger partial charge on any atom is 0.151 e. The highest BCUT2D eigenvalue weighted by Crippen LogP contribution is 2.35. The normalized spacial score (nSPS) is 26.6. The third-order valence-corrected chi connectivity index (χ3v) is 4.59. The topological polar surface area (TPSA) is 56.3 Å². The average Bonchev–Trinajstić information content (AvgIpc) is 2.74. The zero-order valence-corrected chi connectivity index (χ0v) is 12.6. The largest absolute Gasteiger partial charge is 0.394 e. The van der Waals surface area contributed by atoms with Gasteiger partial charge in [0.05, 0.1) is 30.1 Å². The lowest BCUT2D eigenvalue weighted by atomic mass is 9.90. The van der Waals surface area contributed by atoms with E-state index in [9.17, 15) is 0 Å². The minimum absolute atomic E-state index is 0.377. The van der Waals surface area contributed by atoms with Crippen LogP contribution in [0.4, 0.5) is 11.5 Å². The fraction of sp³-hybridized carbons (Fsp3) is 0.800. The second kappa shape index (κ2) is 5.64. The second-order valence-electron chi connectivity index (χ2n) is 6.00. The monoisotopic (exact) mass is 278 g/mol. The molecule has 2 aliphatic rings. The van der Waals surface area contributed by atoms with Crippen molar-refractivity contribution in [1.82, 2.24) is 9.78 Å². The van der Waals surface area contributed by atoms with Crippen LogP contribution in [0.25, 0.3) is 0 Å². The zero-order chi connectivity index (χ0) is 14.1. The summed E-state index contributed by atoms with van der Waals surface area (Å²) in [5.41, 5.74) is 8.12. The maximum atomic E-state index is 6.32. The van der Waals surface area contributed by atoms with Crippen molar-refractivity contribution in [2.45, 2.75) is 64.6 Å². The van der Waals surface area contributed by atoms with Gasteiger partial charge in [-0.05, 0) is 26.2 Å². The highest BCUT2D eigenvalue weighted by molar-refractivity contribution is 5.67. The van der Waals surface area contributed by atoms with Crippen molar-refractivity contribution in [3.05, 3.63) is 5.69 Å². The zero-order valence-electron chi connectivity index (χ0n) is 12.6. The quantitative estimate of drug-likeness (QED) is 0.922. The van der Waals surface area contributed by atoms with Gasteiger partial charge in [0.1, 0.15) is 0 Å². The summed E-state index contributed by atoms with van der Waals surface area (Å²) in [6.07, 6.45) is 6.43. The number of nitrogens with zero attached hydrogens (tertiary/aromatic N) is 3. The van der Waals surface area contributed by atoms with Crippen LogP contribution in [-0.4, -0.2) is 35.1 Å². The molecule has 112 valence electrons. The lowest BCUT2D eigenvalue weighted by molar-refractivity contribution is -0.00925. The predicted molar refractivity (Wildman–Crippen MR) is 81.0 cm³/mol. The Morgan fingerprint density at radius 1 is 1.35 bits per heavy atom. The van der Waals surface area contributed by atoms with Crippen LogP contribution in [0, 0.1) is 6.92 Å². The Hall–Kier alpha value is -1.23. The average molecular weight is 278 g/mol. The van der Waals surface area contributed by atoms with Crippen molar-refractivity contribution < 1.29 is 4.74 Å². The summed E-state index contributed by atoms with van der Waals surface area (Å²) in [6, 6.07) is 0.478. The van der Waals surface area contributed by atoms with Crippen molar-refractivity contribution in [2.24, 2.45) is 0 Å². The van der Waals surface area contributed by atoms with Gasteiger partial charge in [-0.25, -0.2) is 4.68 Å². The van der Waals surface area contributed by atoms with Gasteiger partial charge in [0.2, 0.25) is 0 Å². The number of fused-ring (bicyclic) bond motifs is 1. The van der Waals surface area contributed by atoms with Crippen molar-refractivity contribution in [2.75, 3.05) is 23.8 Å². The molecule has 2 unspecified atom stereocenters. The first kappa shape index (κ1) is 13.7. The first-order valence-corrected chi connectivity index (χ1v) is 7.93. The van der Waals surface area contributed by atoms with Gasteiger partial charge in [-0.1, -0.05) is 19.8 Å². The van der Waals surface area contributed by atoms with E-state index in [0.29, 0.717) is 12.1 Å². The molecule has 0 aromatic carbocycles. The third-order valence-electron chi connectivity index (χ3n) is 4.59. The van der Waals surface area contributed by atoms with Gasteiger partial charge in [-0.2, -0.15) is 5.10 Å². The Labute approximate surface area is 121 Å². The Balaban J connectivity index is 1.94. The summed E-state index contributed by atoms with van der Waals surface area (Å²) in [6.45, 7) is 6.85. The molecule has 0 spiro atoms. The molecule has 1 aromatic rings. The molecule has 1 saturated heterocycles. The molecule has 1 aromatic heterocycles. The van der Waals surface area contributed by atoms with Crippen molar-refractivity contribution in [1.29, 1.82) is 0 Å². The molecule has 1 aliphatic carbocycles. The Morgan fingerprint density at radius 2 is 2.15 bits per heavy atom. The van der Waals surface area contributed by atoms with E-state index in [4.69, 9.17) is 10.5 Å². The van der Waals surface area contributed by atoms with Crippen LogP contribution >= 0.6 is 0 Å². The van der Waals surface area contributed by atoms with Gasteiger partial charge in [-0.15, -0.1) is 0 Å². The minimum Gasteiger partial charge on any atom is -0.394 e. The summed E-state index contributed by atoms with van der Waals surface area (Å²) in [5.74, 6) is 1.13. The van der Waals surface area contributed by atoms with Crippen LogP contribution in [0.2, 0.25) is 0 Å². The van der Waals surface area contributed by atoms with Gasteiger partial charge in [0.25, 0.3) is 0 Å². The summed E-state index contributed by atoms with van der Waals surface area (Å²) < 4.78 is 8.07. The molecule has 1 aliphatic heterocycles. The highest BCUT2D eigenvalue weighted by atomic mass is 16.5. The summed E-state index contributed by atoms with van der Waals surface area (Å²) in [7, 11) is 0. The van der Waals surface area contributed by atoms with Crippen LogP contribution in [0.1, 0.15) is 44.7 Å². The SMILES string of the molecule is CCCn1nc(C)c(N)c1N1CCOC2CCCCC21. The molecule has 0 radical (unpaired) electrons. The van der Waals surface area contributed by atoms with E-state index >= 15 is 0 Å². The van der Waals surface area contributed by atoms with E-state index in [2.05, 4.69) is 21.6 Å². The van der Waals surface area contributed by atoms with Crippen LogP contribution in [0.5, 0.6) is 0 Å². The molecule has 5 heteroatoms. The number of aromatic nitrogens is 2. The maximum absolute atomic E-state index is 6.32. The molecule has 1 saturated carbocycles. The molecule has 0 amide bonds. The van der Waals surface area contributed by atoms with Crippen LogP contribution in [-0.2, 0) is 11.3 Å². The molecule has 3 rings (SSSR count). The predicted octanol–water partition coefficient (Wildman–Crippen LogP) is 2.33. The van der Waals surface area contributed by atoms with Gasteiger partial charge in [0.15, 0.2) is 5.82 Å². The van der Waals surface area contributed by atoms with E-state index in [1.165, 1.54) is 25.7 Å². The van der Waals surface area contributed by atoms with E-state index in [-0.39, 0.29) is 0 Å². The van der Waals surface area contributed by atoms with Crippen molar-refractivity contribution in [3.8, 4) is 0 Å². The molecule has 20 heavy (non-hydrogen) atoms. The number of rotatable bonds is 3. The lowest BCUT2D eigenvalue weighted by Gasteiger charge is -2.45. The van der Waals surface area contributed by atoms with Crippen molar-refractivity contribution in [3.63, 3.8) is 0 Å². The molecule has 2 N–H and O–H groups in total. The van der Waals surface area contributed by atoms with Gasteiger partial charge < -0.3 is 15.4 Å². The summed E-state index contributed by atoms with van der Waals surface area (Å²) >= 11 is 0. The standard InChI is InChI=1S/C15H26N4O/c1-3-8-19-15(14(16)11(2)17-19)18-9-10-20-13-7-5-4-6-12(13)18/h12-13H,3-10,16H2,1-2H3. The lowest BCUT2D eigenvalue weighted by Crippen LogP contribution is -2.53. The number of nitrogen functional groups attached to an aromatic ring is 1. The third kappa shape index (κ3) is 2.28. The van der Waals surface area contributed by atoms with Gasteiger partial charge >= 0.3 is 0 Å². The molecule has 0 bridgehead atoms. The summed E-state index contributed by atoms with van der Waals surface area (Å²) in [4.78, 5) is 2.47. The Bertz CT molecular complexity index is 469. The number of hydrogen-bond acceptors (Lipinski definition) is 4. The summed E-state index contributed by atoms with van der Waals surface area (Å²) in [5, 5.41) is 4.62. The molecular formula is C15H26N4O. The smallest absolute Gasteiger partial charge is 0.151 e. The number of ether oxygens (including phenoxy) is 1. The first-order valence-electron chi connectivity index (χ1n) is 7.93. The van der Waals surface area contributed by atoms with Gasteiger partial charge in [-0.3, -0.25) is 0 Å². The van der Waals surface area contributed by atoms with E-state index in [1.54, 1.807) is 0 Å². The van der Waals surface area contributed by atoms with E-state index in [0.717, 1.165) is 43.3 Å². The molecule has 2 atom stereocenters. The molecule has 2 fully saturated rings. The van der Waals surface area contributed by atoms with Crippen LogP contribution < -0.4 is 10.6 Å². The first-order chi connectivity index (χ1) is 9.72. The molecular weight excluding hydrogens is 252 g/mol. The van der Waals surface area contributed by atoms with Crippen LogP contribution in [0.3, 0.4) is 0 Å². The Kier molecular flexibility index (Phi) is 3.87. The number of morpholine rings is 1. The molecule has 2 heterocycles. The fourth-order valence-electron chi connectivity index (χ4n) is 3.61. The highest BCUT2D eigenvalue weighted by Gasteiger charge is 2.36. The number of aryl methyl sites for hydroxylation is 2. The van der Waals surface area contributed by atoms with Crippen molar-refractivity contribution >= 4 is 11.5 Å².